The van der Waals surface area contributed by atoms with Crippen molar-refractivity contribution in [1.29, 1.82) is 0 Å². The Morgan fingerprint density at radius 1 is 1.67 bits per heavy atom. The van der Waals surface area contributed by atoms with Crippen LogP contribution in [0.2, 0.25) is 0 Å². The molecule has 0 unspecified atom stereocenters. The van der Waals surface area contributed by atoms with Gasteiger partial charge in [-0.2, -0.15) is 5.10 Å². The first kappa shape index (κ1) is 11.2. The summed E-state index contributed by atoms with van der Waals surface area (Å²) >= 11 is 0. The van der Waals surface area contributed by atoms with Gasteiger partial charge < -0.3 is 15.2 Å². The second-order valence-electron chi connectivity index (χ2n) is 2.80. The molecule has 0 saturated heterocycles. The first-order chi connectivity index (χ1) is 7.11. The number of anilines is 1. The van der Waals surface area contributed by atoms with Crippen molar-refractivity contribution in [3.63, 3.8) is 0 Å². The number of nitrogens with zero attached hydrogens (tertiary/aromatic N) is 2. The number of methoxy groups -OCH3 is 1. The predicted molar refractivity (Wildman–Crippen MR) is 50.4 cm³/mol. The Balaban J connectivity index is 2.52. The number of hydrogen-bond acceptors (Lipinski definition) is 4. The molecule has 0 aliphatic rings. The second-order valence-corrected chi connectivity index (χ2v) is 2.80. The van der Waals surface area contributed by atoms with Crippen molar-refractivity contribution in [3.05, 3.63) is 12.4 Å². The van der Waals surface area contributed by atoms with Gasteiger partial charge in [-0.3, -0.25) is 14.3 Å². The van der Waals surface area contributed by atoms with Crippen LogP contribution in [0, 0.1) is 0 Å². The van der Waals surface area contributed by atoms with E-state index in [1.165, 1.54) is 24.2 Å². The van der Waals surface area contributed by atoms with Gasteiger partial charge in [0, 0.05) is 13.3 Å². The summed E-state index contributed by atoms with van der Waals surface area (Å²) in [7, 11) is 1.41. The molecular formula is C8H11N3O4. The third-order valence-electron chi connectivity index (χ3n) is 1.49. The Morgan fingerprint density at radius 3 is 3.00 bits per heavy atom. The van der Waals surface area contributed by atoms with Gasteiger partial charge in [0.15, 0.2) is 0 Å². The second kappa shape index (κ2) is 5.11. The third kappa shape index (κ3) is 3.77. The van der Waals surface area contributed by atoms with Gasteiger partial charge in [0.25, 0.3) is 0 Å². The van der Waals surface area contributed by atoms with E-state index in [0.29, 0.717) is 5.69 Å². The van der Waals surface area contributed by atoms with Gasteiger partial charge in [-0.15, -0.1) is 0 Å². The molecule has 7 nitrogen and oxygen atoms in total. The van der Waals surface area contributed by atoms with Crippen LogP contribution < -0.4 is 5.32 Å². The van der Waals surface area contributed by atoms with Gasteiger partial charge in [0.05, 0.1) is 11.9 Å². The van der Waals surface area contributed by atoms with Crippen LogP contribution in [0.5, 0.6) is 0 Å². The van der Waals surface area contributed by atoms with E-state index in [1.54, 1.807) is 0 Å². The molecule has 1 rings (SSSR count). The molecule has 2 N–H and O–H groups in total. The number of nitrogens with one attached hydrogen (secondary N) is 1. The fourth-order valence-corrected chi connectivity index (χ4v) is 0.981. The smallest absolute Gasteiger partial charge is 0.325 e. The summed E-state index contributed by atoms with van der Waals surface area (Å²) in [5.74, 6) is -1.31. The van der Waals surface area contributed by atoms with E-state index in [-0.39, 0.29) is 19.1 Å². The van der Waals surface area contributed by atoms with Crippen molar-refractivity contribution in [1.82, 2.24) is 9.78 Å². The Hall–Kier alpha value is -1.89. The van der Waals surface area contributed by atoms with Crippen LogP contribution in [0.4, 0.5) is 5.69 Å². The van der Waals surface area contributed by atoms with E-state index in [4.69, 9.17) is 5.11 Å². The molecule has 1 amide bonds. The van der Waals surface area contributed by atoms with E-state index in [0.717, 1.165) is 0 Å². The Labute approximate surface area is 85.6 Å². The molecule has 0 bridgehead atoms. The highest BCUT2D eigenvalue weighted by Crippen LogP contribution is 2.04. The fourth-order valence-electron chi connectivity index (χ4n) is 0.981. The zero-order valence-electron chi connectivity index (χ0n) is 8.14. The average molecular weight is 213 g/mol. The monoisotopic (exact) mass is 213 g/mol. The highest BCUT2D eigenvalue weighted by atomic mass is 16.5. The SMILES string of the molecule is COCC(=O)Nc1cnn(CC(=O)O)c1. The van der Waals surface area contributed by atoms with Gasteiger partial charge in [-0.25, -0.2) is 0 Å². The minimum absolute atomic E-state index is 0.0515. The van der Waals surface area contributed by atoms with Crippen LogP contribution in [-0.2, 0) is 20.9 Å². The maximum Gasteiger partial charge on any atom is 0.325 e. The molecule has 0 atom stereocenters. The number of carbonyl (C=O) groups excluding carboxylic acids is 1. The normalized spacial score (nSPS) is 9.93. The molecule has 1 heterocycles. The van der Waals surface area contributed by atoms with Crippen LogP contribution in [0.25, 0.3) is 0 Å². The van der Waals surface area contributed by atoms with Crippen molar-refractivity contribution < 1.29 is 19.4 Å². The number of hydrogen-bond donors (Lipinski definition) is 2. The van der Waals surface area contributed by atoms with E-state index < -0.39 is 5.97 Å². The lowest BCUT2D eigenvalue weighted by molar-refractivity contribution is -0.137. The van der Waals surface area contributed by atoms with Crippen molar-refractivity contribution in [2.45, 2.75) is 6.54 Å². The lowest BCUT2D eigenvalue weighted by Crippen LogP contribution is -2.16. The summed E-state index contributed by atoms with van der Waals surface area (Å²) in [6, 6.07) is 0. The Morgan fingerprint density at radius 2 is 2.40 bits per heavy atom. The maximum atomic E-state index is 11.1. The number of amides is 1. The molecule has 7 heteroatoms. The summed E-state index contributed by atoms with van der Waals surface area (Å²) in [5, 5.41) is 14.7. The van der Waals surface area contributed by atoms with Gasteiger partial charge in [0.1, 0.15) is 13.2 Å². The lowest BCUT2D eigenvalue weighted by Gasteiger charge is -1.99. The molecular weight excluding hydrogens is 202 g/mol. The minimum atomic E-state index is -0.993. The average Bonchev–Trinajstić information content (AvgIpc) is 2.51. The summed E-state index contributed by atoms with van der Waals surface area (Å²) < 4.78 is 5.83. The quantitative estimate of drug-likeness (QED) is 0.691. The zero-order valence-corrected chi connectivity index (χ0v) is 8.14. The Bertz CT molecular complexity index is 361. The minimum Gasteiger partial charge on any atom is -0.480 e. The standard InChI is InChI=1S/C8H11N3O4/c1-15-5-7(12)10-6-2-9-11(3-6)4-8(13)14/h2-3H,4-5H2,1H3,(H,10,12)(H,13,14). The number of ether oxygens (including phenoxy) is 1. The van der Waals surface area contributed by atoms with Crippen LogP contribution in [-0.4, -0.2) is 40.5 Å². The molecule has 0 spiro atoms. The van der Waals surface area contributed by atoms with Gasteiger partial charge in [-0.1, -0.05) is 0 Å². The molecule has 0 aromatic carbocycles. The van der Waals surface area contributed by atoms with Gasteiger partial charge in [0.2, 0.25) is 5.91 Å². The highest BCUT2D eigenvalue weighted by Gasteiger charge is 2.05. The van der Waals surface area contributed by atoms with Crippen molar-refractivity contribution in [2.24, 2.45) is 0 Å². The molecule has 1 aromatic rings. The third-order valence-corrected chi connectivity index (χ3v) is 1.49. The molecule has 0 aliphatic heterocycles. The predicted octanol–water partition coefficient (Wildman–Crippen LogP) is -0.447. The first-order valence-corrected chi connectivity index (χ1v) is 4.15. The van der Waals surface area contributed by atoms with Crippen LogP contribution in [0.3, 0.4) is 0 Å². The van der Waals surface area contributed by atoms with Crippen molar-refractivity contribution in [3.8, 4) is 0 Å². The molecule has 82 valence electrons. The van der Waals surface area contributed by atoms with E-state index in [9.17, 15) is 9.59 Å². The number of carboxylic acids is 1. The number of aliphatic carboxylic acids is 1. The number of aromatic nitrogens is 2. The van der Waals surface area contributed by atoms with Gasteiger partial charge in [-0.05, 0) is 0 Å². The first-order valence-electron chi connectivity index (χ1n) is 4.15. The maximum absolute atomic E-state index is 11.1. The van der Waals surface area contributed by atoms with Crippen LogP contribution in [0.15, 0.2) is 12.4 Å². The zero-order chi connectivity index (χ0) is 11.3. The van der Waals surface area contributed by atoms with Crippen LogP contribution in [0.1, 0.15) is 0 Å². The lowest BCUT2D eigenvalue weighted by atomic mass is 10.5. The molecule has 0 aliphatic carbocycles. The fraction of sp³-hybridized carbons (Fsp3) is 0.375. The van der Waals surface area contributed by atoms with E-state index in [1.807, 2.05) is 0 Å². The molecule has 1 aromatic heterocycles. The molecule has 0 radical (unpaired) electrons. The molecule has 15 heavy (non-hydrogen) atoms. The number of carbonyl (C=O) groups is 2. The summed E-state index contributed by atoms with van der Waals surface area (Å²) in [4.78, 5) is 21.4. The largest absolute Gasteiger partial charge is 0.480 e. The van der Waals surface area contributed by atoms with E-state index >= 15 is 0 Å². The van der Waals surface area contributed by atoms with Crippen LogP contribution >= 0.6 is 0 Å². The highest BCUT2D eigenvalue weighted by molar-refractivity contribution is 5.91. The summed E-state index contributed by atoms with van der Waals surface area (Å²) in [6.07, 6.45) is 2.80. The summed E-state index contributed by atoms with van der Waals surface area (Å²) in [6.45, 7) is -0.287. The van der Waals surface area contributed by atoms with E-state index in [2.05, 4.69) is 15.2 Å². The molecule has 0 fully saturated rings. The van der Waals surface area contributed by atoms with Gasteiger partial charge >= 0.3 is 5.97 Å². The number of carboxylic acid groups (broad SMARTS) is 1. The Kier molecular flexibility index (Phi) is 3.81. The summed E-state index contributed by atoms with van der Waals surface area (Å²) in [5.41, 5.74) is 0.443. The number of rotatable bonds is 5. The topological polar surface area (TPSA) is 93.5 Å². The van der Waals surface area contributed by atoms with Crippen molar-refractivity contribution in [2.75, 3.05) is 19.0 Å². The van der Waals surface area contributed by atoms with Crippen molar-refractivity contribution >= 4 is 17.6 Å². The molecule has 0 saturated carbocycles.